The van der Waals surface area contributed by atoms with Crippen molar-refractivity contribution in [1.29, 1.82) is 0 Å². The number of hydrogen-bond donors (Lipinski definition) is 1. The second-order valence-electron chi connectivity index (χ2n) is 9.35. The number of carboxylic acid groups (broad SMARTS) is 1. The number of allylic oxidation sites excluding steroid dienone is 2. The number of aromatic carboxylic acids is 1. The average molecular weight is 448 g/mol. The minimum absolute atomic E-state index is 0.00461. The molecule has 3 aromatic rings. The van der Waals surface area contributed by atoms with Crippen LogP contribution >= 0.6 is 0 Å². The van der Waals surface area contributed by atoms with E-state index < -0.39 is 5.97 Å². The molecule has 168 valence electrons. The molecule has 3 aromatic carbocycles. The second-order valence-corrected chi connectivity index (χ2v) is 9.35. The third kappa shape index (κ3) is 4.25. The number of benzene rings is 3. The van der Waals surface area contributed by atoms with Crippen molar-refractivity contribution in [2.45, 2.75) is 38.2 Å². The Morgan fingerprint density at radius 3 is 2.53 bits per heavy atom. The van der Waals surface area contributed by atoms with Crippen molar-refractivity contribution in [2.75, 3.05) is 0 Å². The number of carboxylic acids is 1. The van der Waals surface area contributed by atoms with Crippen molar-refractivity contribution < 1.29 is 14.7 Å². The standard InChI is InChI=1S/C30H25NO3/c1-30(2)17-16-21(9-8-20-6-4-3-5-7-20)25-15-14-24(18-26(25)30)27-19-28(34-31-27)22-10-12-23(13-11-22)29(32)33/h3-7,10-16,18,28H,17,19H2,1-2H3,(H,32,33). The van der Waals surface area contributed by atoms with E-state index in [0.717, 1.165) is 34.4 Å². The van der Waals surface area contributed by atoms with Gasteiger partial charge >= 0.3 is 5.97 Å². The Hall–Kier alpha value is -4.10. The fourth-order valence-electron chi connectivity index (χ4n) is 4.44. The van der Waals surface area contributed by atoms with E-state index in [1.807, 2.05) is 30.3 Å². The van der Waals surface area contributed by atoms with Crippen molar-refractivity contribution in [2.24, 2.45) is 5.16 Å². The van der Waals surface area contributed by atoms with Crippen LogP contribution in [0.25, 0.3) is 5.57 Å². The zero-order chi connectivity index (χ0) is 23.7. The van der Waals surface area contributed by atoms with Gasteiger partial charge in [0.25, 0.3) is 0 Å². The summed E-state index contributed by atoms with van der Waals surface area (Å²) in [5.74, 6) is 5.73. The predicted molar refractivity (Wildman–Crippen MR) is 134 cm³/mol. The first kappa shape index (κ1) is 21.7. The van der Waals surface area contributed by atoms with Crippen molar-refractivity contribution >= 4 is 17.3 Å². The van der Waals surface area contributed by atoms with Gasteiger partial charge in [0.1, 0.15) is 0 Å². The molecule has 34 heavy (non-hydrogen) atoms. The topological polar surface area (TPSA) is 58.9 Å². The zero-order valence-electron chi connectivity index (χ0n) is 19.2. The Kier molecular flexibility index (Phi) is 5.55. The average Bonchev–Trinajstić information content (AvgIpc) is 3.35. The Morgan fingerprint density at radius 2 is 1.79 bits per heavy atom. The first-order valence-electron chi connectivity index (χ1n) is 11.4. The quantitative estimate of drug-likeness (QED) is 0.475. The lowest BCUT2D eigenvalue weighted by Gasteiger charge is -2.31. The molecule has 0 saturated heterocycles. The molecule has 2 aliphatic rings. The Bertz CT molecular complexity index is 1370. The smallest absolute Gasteiger partial charge is 0.335 e. The van der Waals surface area contributed by atoms with Gasteiger partial charge in [-0.15, -0.1) is 0 Å². The largest absolute Gasteiger partial charge is 0.478 e. The number of rotatable bonds is 3. The maximum Gasteiger partial charge on any atom is 0.335 e. The summed E-state index contributed by atoms with van der Waals surface area (Å²) in [6, 6.07) is 23.3. The predicted octanol–water partition coefficient (Wildman–Crippen LogP) is 6.37. The minimum atomic E-state index is -0.936. The highest BCUT2D eigenvalue weighted by Crippen LogP contribution is 2.40. The summed E-state index contributed by atoms with van der Waals surface area (Å²) < 4.78 is 0. The van der Waals surface area contributed by atoms with E-state index in [-0.39, 0.29) is 17.1 Å². The van der Waals surface area contributed by atoms with E-state index in [4.69, 9.17) is 9.94 Å². The molecule has 0 aromatic heterocycles. The molecule has 0 amide bonds. The molecule has 0 bridgehead atoms. The molecule has 1 aliphatic heterocycles. The molecule has 0 saturated carbocycles. The number of carbonyl (C=O) groups is 1. The molecule has 0 spiro atoms. The fourth-order valence-corrected chi connectivity index (χ4v) is 4.44. The summed E-state index contributed by atoms with van der Waals surface area (Å²) in [6.07, 6.45) is 3.59. The van der Waals surface area contributed by atoms with E-state index >= 15 is 0 Å². The first-order chi connectivity index (χ1) is 16.4. The second kappa shape index (κ2) is 8.68. The zero-order valence-corrected chi connectivity index (χ0v) is 19.2. The van der Waals surface area contributed by atoms with Gasteiger partial charge in [-0.05, 0) is 64.4 Å². The Morgan fingerprint density at radius 1 is 1.03 bits per heavy atom. The van der Waals surface area contributed by atoms with Crippen molar-refractivity contribution in [3.8, 4) is 11.8 Å². The van der Waals surface area contributed by atoms with Gasteiger partial charge in [0.15, 0.2) is 6.10 Å². The van der Waals surface area contributed by atoms with Gasteiger partial charge in [-0.3, -0.25) is 0 Å². The molecule has 5 rings (SSSR count). The molecule has 4 nitrogen and oxygen atoms in total. The van der Waals surface area contributed by atoms with Crippen LogP contribution in [0, 0.1) is 11.8 Å². The van der Waals surface area contributed by atoms with Gasteiger partial charge in [-0.2, -0.15) is 0 Å². The van der Waals surface area contributed by atoms with Crippen LogP contribution in [0.5, 0.6) is 0 Å². The molecule has 1 aliphatic carbocycles. The maximum atomic E-state index is 11.1. The number of fused-ring (bicyclic) bond motifs is 1. The van der Waals surface area contributed by atoms with Crippen LogP contribution in [0.1, 0.15) is 71.0 Å². The van der Waals surface area contributed by atoms with Gasteiger partial charge in [0.2, 0.25) is 0 Å². The molecule has 0 radical (unpaired) electrons. The maximum absolute atomic E-state index is 11.1. The highest BCUT2D eigenvalue weighted by atomic mass is 16.6. The summed E-state index contributed by atoms with van der Waals surface area (Å²) in [5, 5.41) is 13.5. The molecule has 4 heteroatoms. The van der Waals surface area contributed by atoms with E-state index in [1.165, 1.54) is 11.1 Å². The van der Waals surface area contributed by atoms with E-state index in [0.29, 0.717) is 6.42 Å². The molecule has 0 fully saturated rings. The summed E-state index contributed by atoms with van der Waals surface area (Å²) in [5.41, 5.74) is 7.63. The van der Waals surface area contributed by atoms with E-state index in [1.54, 1.807) is 24.3 Å². The molecule has 1 unspecified atom stereocenters. The molecule has 1 heterocycles. The Balaban J connectivity index is 1.39. The summed E-state index contributed by atoms with van der Waals surface area (Å²) in [6.45, 7) is 4.51. The van der Waals surface area contributed by atoms with Crippen LogP contribution in [-0.2, 0) is 10.3 Å². The third-order valence-corrected chi connectivity index (χ3v) is 6.50. The minimum Gasteiger partial charge on any atom is -0.478 e. The lowest BCUT2D eigenvalue weighted by molar-refractivity contribution is 0.0695. The SMILES string of the molecule is CC1(C)CC=C(C#Cc2ccccc2)c2ccc(C3=NOC(c4ccc(C(=O)O)cc4)C3)cc21. The first-order valence-corrected chi connectivity index (χ1v) is 11.4. The van der Waals surface area contributed by atoms with E-state index in [2.05, 4.69) is 55.1 Å². The lowest BCUT2D eigenvalue weighted by Crippen LogP contribution is -2.22. The van der Waals surface area contributed by atoms with Crippen LogP contribution in [0.4, 0.5) is 0 Å². The van der Waals surface area contributed by atoms with E-state index in [9.17, 15) is 4.79 Å². The number of oxime groups is 1. The summed E-state index contributed by atoms with van der Waals surface area (Å²) in [4.78, 5) is 16.8. The van der Waals surface area contributed by atoms with Crippen LogP contribution < -0.4 is 0 Å². The molecular formula is C30H25NO3. The summed E-state index contributed by atoms with van der Waals surface area (Å²) >= 11 is 0. The van der Waals surface area contributed by atoms with Crippen LogP contribution in [0.15, 0.2) is 84.0 Å². The molecular weight excluding hydrogens is 422 g/mol. The number of nitrogens with zero attached hydrogens (tertiary/aromatic N) is 1. The normalized spacial score (nSPS) is 18.0. The van der Waals surface area contributed by atoms with Gasteiger partial charge in [-0.1, -0.05) is 79.4 Å². The molecule has 1 N–H and O–H groups in total. The van der Waals surface area contributed by atoms with Gasteiger partial charge in [0.05, 0.1) is 11.3 Å². The van der Waals surface area contributed by atoms with Crippen LogP contribution in [0.3, 0.4) is 0 Å². The summed E-state index contributed by atoms with van der Waals surface area (Å²) in [7, 11) is 0. The van der Waals surface area contributed by atoms with Crippen molar-refractivity contribution in [1.82, 2.24) is 0 Å². The highest BCUT2D eigenvalue weighted by Gasteiger charge is 2.30. The van der Waals surface area contributed by atoms with Gasteiger partial charge in [0, 0.05) is 17.6 Å². The monoisotopic (exact) mass is 447 g/mol. The fraction of sp³-hybridized carbons (Fsp3) is 0.200. The third-order valence-electron chi connectivity index (χ3n) is 6.50. The van der Waals surface area contributed by atoms with Crippen molar-refractivity contribution in [3.05, 3.63) is 112 Å². The van der Waals surface area contributed by atoms with Gasteiger partial charge in [-0.25, -0.2) is 4.79 Å². The lowest BCUT2D eigenvalue weighted by atomic mass is 9.72. The highest BCUT2D eigenvalue weighted by molar-refractivity contribution is 6.02. The molecule has 1 atom stereocenters. The van der Waals surface area contributed by atoms with Gasteiger partial charge < -0.3 is 9.94 Å². The van der Waals surface area contributed by atoms with Crippen LogP contribution in [0.2, 0.25) is 0 Å². The number of hydrogen-bond acceptors (Lipinski definition) is 3. The Labute approximate surface area is 199 Å². The van der Waals surface area contributed by atoms with Crippen LogP contribution in [-0.4, -0.2) is 16.8 Å². The van der Waals surface area contributed by atoms with Crippen molar-refractivity contribution in [3.63, 3.8) is 0 Å².